The maximum Gasteiger partial charge on any atom is 0.331 e. The minimum Gasteiger partial charge on any atom is -0.467 e. The summed E-state index contributed by atoms with van der Waals surface area (Å²) in [6, 6.07) is 0. The van der Waals surface area contributed by atoms with Gasteiger partial charge in [0.15, 0.2) is 0 Å². The first-order valence-corrected chi connectivity index (χ1v) is 2.51. The van der Waals surface area contributed by atoms with Crippen LogP contribution >= 0.6 is 0 Å². The summed E-state index contributed by atoms with van der Waals surface area (Å²) in [4.78, 5) is 10.2. The third kappa shape index (κ3) is 5.23. The molecule has 0 unspecified atom stereocenters. The van der Waals surface area contributed by atoms with Gasteiger partial charge in [-0.25, -0.2) is 9.18 Å². The van der Waals surface area contributed by atoms with Gasteiger partial charge in [0.1, 0.15) is 13.3 Å². The Labute approximate surface area is 52.8 Å². The van der Waals surface area contributed by atoms with Crippen LogP contribution in [0.4, 0.5) is 4.39 Å². The van der Waals surface area contributed by atoms with Crippen LogP contribution in [-0.2, 0) is 14.3 Å². The second kappa shape index (κ2) is 5.50. The van der Waals surface area contributed by atoms with Crippen molar-refractivity contribution in [3.05, 3.63) is 0 Å². The average Bonchev–Trinajstić information content (AvgIpc) is 1.89. The van der Waals surface area contributed by atoms with Gasteiger partial charge in [-0.2, -0.15) is 0 Å². The largest absolute Gasteiger partial charge is 0.467 e. The van der Waals surface area contributed by atoms with Crippen molar-refractivity contribution in [2.75, 3.05) is 27.0 Å². The molecule has 0 aromatic carbocycles. The lowest BCUT2D eigenvalue weighted by Gasteiger charge is -1.97. The predicted molar refractivity (Wildman–Crippen MR) is 28.8 cm³/mol. The van der Waals surface area contributed by atoms with Gasteiger partial charge in [-0.3, -0.25) is 0 Å². The second-order valence-electron chi connectivity index (χ2n) is 1.32. The van der Waals surface area contributed by atoms with E-state index in [-0.39, 0.29) is 13.2 Å². The van der Waals surface area contributed by atoms with Crippen LogP contribution in [-0.4, -0.2) is 33.0 Å². The molecule has 0 aliphatic carbocycles. The van der Waals surface area contributed by atoms with Gasteiger partial charge >= 0.3 is 5.97 Å². The van der Waals surface area contributed by atoms with Crippen molar-refractivity contribution in [3.8, 4) is 0 Å². The summed E-state index contributed by atoms with van der Waals surface area (Å²) < 4.78 is 20.0. The Hall–Kier alpha value is -0.640. The summed E-state index contributed by atoms with van der Waals surface area (Å²) in [7, 11) is 1.25. The van der Waals surface area contributed by atoms with Gasteiger partial charge < -0.3 is 9.47 Å². The standard InChI is InChI=1S/C5H9FO3/c1-8-5(7)4-9-3-2-6/h2-4H2,1H3. The Bertz CT molecular complexity index is 84.3. The van der Waals surface area contributed by atoms with Crippen molar-refractivity contribution < 1.29 is 18.7 Å². The zero-order valence-electron chi connectivity index (χ0n) is 5.22. The van der Waals surface area contributed by atoms with Crippen LogP contribution in [0.2, 0.25) is 0 Å². The fourth-order valence-electron chi connectivity index (χ4n) is 0.269. The van der Waals surface area contributed by atoms with Crippen LogP contribution in [0.3, 0.4) is 0 Å². The summed E-state index contributed by atoms with van der Waals surface area (Å²) in [5.74, 6) is -0.483. The smallest absolute Gasteiger partial charge is 0.331 e. The second-order valence-corrected chi connectivity index (χ2v) is 1.32. The topological polar surface area (TPSA) is 35.5 Å². The lowest BCUT2D eigenvalue weighted by atomic mass is 10.7. The van der Waals surface area contributed by atoms with E-state index in [9.17, 15) is 9.18 Å². The molecule has 9 heavy (non-hydrogen) atoms. The first-order chi connectivity index (χ1) is 4.31. The van der Waals surface area contributed by atoms with Crippen LogP contribution in [0, 0.1) is 0 Å². The van der Waals surface area contributed by atoms with Crippen molar-refractivity contribution in [2.24, 2.45) is 0 Å². The molecule has 54 valence electrons. The quantitative estimate of drug-likeness (QED) is 0.407. The highest BCUT2D eigenvalue weighted by Crippen LogP contribution is 1.78. The van der Waals surface area contributed by atoms with Gasteiger partial charge in [-0.1, -0.05) is 0 Å². The Morgan fingerprint density at radius 1 is 1.67 bits per heavy atom. The van der Waals surface area contributed by atoms with E-state index in [1.54, 1.807) is 0 Å². The van der Waals surface area contributed by atoms with Crippen molar-refractivity contribution >= 4 is 5.97 Å². The third-order valence-electron chi connectivity index (χ3n) is 0.669. The molecule has 0 saturated carbocycles. The van der Waals surface area contributed by atoms with E-state index in [1.807, 2.05) is 0 Å². The number of rotatable bonds is 4. The van der Waals surface area contributed by atoms with Crippen LogP contribution < -0.4 is 0 Å². The summed E-state index contributed by atoms with van der Waals surface area (Å²) >= 11 is 0. The molecule has 0 radical (unpaired) electrons. The minimum atomic E-state index is -0.572. The van der Waals surface area contributed by atoms with E-state index in [4.69, 9.17) is 0 Å². The molecule has 0 amide bonds. The minimum absolute atomic E-state index is 0.0465. The first kappa shape index (κ1) is 8.36. The fourth-order valence-corrected chi connectivity index (χ4v) is 0.269. The number of halogens is 1. The predicted octanol–water partition coefficient (Wildman–Crippen LogP) is 0.145. The average molecular weight is 136 g/mol. The number of alkyl halides is 1. The number of ether oxygens (including phenoxy) is 2. The highest BCUT2D eigenvalue weighted by atomic mass is 19.1. The van der Waals surface area contributed by atoms with E-state index in [2.05, 4.69) is 9.47 Å². The zero-order valence-corrected chi connectivity index (χ0v) is 5.22. The van der Waals surface area contributed by atoms with E-state index >= 15 is 0 Å². The lowest BCUT2D eigenvalue weighted by Crippen LogP contribution is -2.11. The molecule has 0 heterocycles. The van der Waals surface area contributed by atoms with Crippen LogP contribution in [0.1, 0.15) is 0 Å². The number of hydrogen-bond donors (Lipinski definition) is 0. The zero-order chi connectivity index (χ0) is 7.11. The molecule has 0 aliphatic rings. The molecule has 0 spiro atoms. The third-order valence-corrected chi connectivity index (χ3v) is 0.669. The van der Waals surface area contributed by atoms with Gasteiger partial charge in [0.2, 0.25) is 0 Å². The Balaban J connectivity index is 2.97. The maximum atomic E-state index is 11.3. The highest BCUT2D eigenvalue weighted by molar-refractivity contribution is 5.70. The Kier molecular flexibility index (Phi) is 5.11. The molecule has 0 aromatic heterocycles. The fraction of sp³-hybridized carbons (Fsp3) is 0.800. The van der Waals surface area contributed by atoms with Crippen LogP contribution in [0.15, 0.2) is 0 Å². The molecule has 4 heteroatoms. The highest BCUT2D eigenvalue weighted by Gasteiger charge is 1.97. The number of methoxy groups -OCH3 is 1. The molecule has 0 fully saturated rings. The van der Waals surface area contributed by atoms with Crippen molar-refractivity contribution in [3.63, 3.8) is 0 Å². The molecule has 3 nitrogen and oxygen atoms in total. The van der Waals surface area contributed by atoms with E-state index in [0.717, 1.165) is 0 Å². The summed E-state index contributed by atoms with van der Waals surface area (Å²) in [5.41, 5.74) is 0. The normalized spacial score (nSPS) is 9.11. The lowest BCUT2D eigenvalue weighted by molar-refractivity contribution is -0.145. The molecule has 0 saturated heterocycles. The van der Waals surface area contributed by atoms with Gasteiger partial charge in [0, 0.05) is 0 Å². The first-order valence-electron chi connectivity index (χ1n) is 2.51. The molecule has 0 rings (SSSR count). The van der Waals surface area contributed by atoms with Crippen molar-refractivity contribution in [1.82, 2.24) is 0 Å². The van der Waals surface area contributed by atoms with E-state index < -0.39 is 12.6 Å². The monoisotopic (exact) mass is 136 g/mol. The van der Waals surface area contributed by atoms with Gasteiger partial charge in [0.05, 0.1) is 13.7 Å². The summed E-state index contributed by atoms with van der Waals surface area (Å²) in [6.07, 6.45) is 0. The van der Waals surface area contributed by atoms with Crippen LogP contribution in [0.25, 0.3) is 0 Å². The number of carbonyl (C=O) groups is 1. The van der Waals surface area contributed by atoms with Gasteiger partial charge in [-0.15, -0.1) is 0 Å². The number of esters is 1. The Morgan fingerprint density at radius 3 is 2.78 bits per heavy atom. The molecule has 0 atom stereocenters. The van der Waals surface area contributed by atoms with E-state index in [1.165, 1.54) is 7.11 Å². The summed E-state index contributed by atoms with van der Waals surface area (Å²) in [6.45, 7) is -0.785. The van der Waals surface area contributed by atoms with Crippen molar-refractivity contribution in [2.45, 2.75) is 0 Å². The Morgan fingerprint density at radius 2 is 2.33 bits per heavy atom. The maximum absolute atomic E-state index is 11.3. The van der Waals surface area contributed by atoms with Crippen LogP contribution in [0.5, 0.6) is 0 Å². The molecule has 0 bridgehead atoms. The number of hydrogen-bond acceptors (Lipinski definition) is 3. The molecule has 0 aromatic rings. The molecule has 0 aliphatic heterocycles. The molecular weight excluding hydrogens is 127 g/mol. The van der Waals surface area contributed by atoms with Gasteiger partial charge in [-0.05, 0) is 0 Å². The molecular formula is C5H9FO3. The van der Waals surface area contributed by atoms with E-state index in [0.29, 0.717) is 0 Å². The molecule has 0 N–H and O–H groups in total. The SMILES string of the molecule is COC(=O)COCCF. The van der Waals surface area contributed by atoms with Crippen molar-refractivity contribution in [1.29, 1.82) is 0 Å². The number of carbonyl (C=O) groups excluding carboxylic acids is 1. The summed E-state index contributed by atoms with van der Waals surface area (Å²) in [5, 5.41) is 0. The van der Waals surface area contributed by atoms with Gasteiger partial charge in [0.25, 0.3) is 0 Å².